The molecule has 0 aliphatic carbocycles. The Morgan fingerprint density at radius 3 is 2.42 bits per heavy atom. The fourth-order valence-electron chi connectivity index (χ4n) is 4.45. The van der Waals surface area contributed by atoms with Gasteiger partial charge in [0.15, 0.2) is 0 Å². The summed E-state index contributed by atoms with van der Waals surface area (Å²) >= 11 is 6.04. The van der Waals surface area contributed by atoms with E-state index in [2.05, 4.69) is 4.90 Å². The van der Waals surface area contributed by atoms with Gasteiger partial charge in [-0.1, -0.05) is 11.6 Å². The lowest BCUT2D eigenvalue weighted by Gasteiger charge is -2.39. The largest absolute Gasteiger partial charge is 0.495 e. The third kappa shape index (κ3) is 5.10. The Morgan fingerprint density at radius 1 is 1.06 bits per heavy atom. The van der Waals surface area contributed by atoms with E-state index >= 15 is 0 Å². The highest BCUT2D eigenvalue weighted by molar-refractivity contribution is 7.89. The van der Waals surface area contributed by atoms with E-state index in [4.69, 9.17) is 16.3 Å². The number of rotatable bonds is 5. The maximum Gasteiger partial charge on any atom is 0.246 e. The molecule has 0 aromatic heterocycles. The number of piperazine rings is 1. The molecule has 0 radical (unpaired) electrons. The highest BCUT2D eigenvalue weighted by Crippen LogP contribution is 2.32. The maximum absolute atomic E-state index is 13.3. The first kappa shape index (κ1) is 23.8. The molecule has 1 amide bonds. The van der Waals surface area contributed by atoms with E-state index in [1.165, 1.54) is 35.7 Å². The van der Waals surface area contributed by atoms with Crippen molar-refractivity contribution >= 4 is 33.2 Å². The molecule has 2 aliphatic rings. The number of piperidine rings is 1. The van der Waals surface area contributed by atoms with Gasteiger partial charge in [0.25, 0.3) is 0 Å². The Morgan fingerprint density at radius 2 is 1.76 bits per heavy atom. The Labute approximate surface area is 198 Å². The van der Waals surface area contributed by atoms with Crippen LogP contribution in [0.15, 0.2) is 47.4 Å². The SMILES string of the molecule is COc1ccc(Cl)cc1S(=O)(=O)N1CCC[C@@H](C(=O)N2CCN(c3ccc(F)cc3)CC2)C1. The van der Waals surface area contributed by atoms with E-state index < -0.39 is 15.9 Å². The van der Waals surface area contributed by atoms with Gasteiger partial charge >= 0.3 is 0 Å². The molecule has 2 heterocycles. The van der Waals surface area contributed by atoms with Gasteiger partial charge in [0.05, 0.1) is 13.0 Å². The summed E-state index contributed by atoms with van der Waals surface area (Å²) in [6, 6.07) is 10.8. The van der Waals surface area contributed by atoms with Crippen LogP contribution < -0.4 is 9.64 Å². The minimum atomic E-state index is -3.86. The van der Waals surface area contributed by atoms with Gasteiger partial charge in [-0.2, -0.15) is 4.31 Å². The quantitative estimate of drug-likeness (QED) is 0.637. The molecule has 178 valence electrons. The predicted molar refractivity (Wildman–Crippen MR) is 125 cm³/mol. The molecule has 2 saturated heterocycles. The molecule has 0 unspecified atom stereocenters. The molecule has 2 aromatic carbocycles. The van der Waals surface area contributed by atoms with Crippen LogP contribution in [0.3, 0.4) is 0 Å². The fraction of sp³-hybridized carbons (Fsp3) is 0.435. The number of hydrogen-bond donors (Lipinski definition) is 0. The van der Waals surface area contributed by atoms with Crippen molar-refractivity contribution < 1.29 is 22.3 Å². The molecule has 2 aliphatic heterocycles. The van der Waals surface area contributed by atoms with Gasteiger partial charge in [0.1, 0.15) is 16.5 Å². The van der Waals surface area contributed by atoms with Gasteiger partial charge < -0.3 is 14.5 Å². The zero-order chi connectivity index (χ0) is 23.6. The molecule has 4 rings (SSSR count). The summed E-state index contributed by atoms with van der Waals surface area (Å²) < 4.78 is 46.4. The lowest BCUT2D eigenvalue weighted by atomic mass is 9.97. The Balaban J connectivity index is 1.42. The second-order valence-electron chi connectivity index (χ2n) is 8.29. The standard InChI is InChI=1S/C23H27ClFN3O4S/c1-32-21-9-4-18(24)15-22(21)33(30,31)28-10-2-3-17(16-28)23(29)27-13-11-26(12-14-27)20-7-5-19(25)6-8-20/h4-9,15,17H,2-3,10-14,16H2,1H3/t17-/m1/s1. The number of sulfonamides is 1. The summed E-state index contributed by atoms with van der Waals surface area (Å²) in [7, 11) is -2.45. The number of anilines is 1. The summed E-state index contributed by atoms with van der Waals surface area (Å²) in [5, 5.41) is 0.304. The van der Waals surface area contributed by atoms with Crippen LogP contribution >= 0.6 is 11.6 Å². The highest BCUT2D eigenvalue weighted by Gasteiger charge is 2.37. The zero-order valence-electron chi connectivity index (χ0n) is 18.4. The van der Waals surface area contributed by atoms with Gasteiger partial charge in [-0.3, -0.25) is 4.79 Å². The smallest absolute Gasteiger partial charge is 0.246 e. The lowest BCUT2D eigenvalue weighted by molar-refractivity contribution is -0.137. The summed E-state index contributed by atoms with van der Waals surface area (Å²) in [6.07, 6.45) is 1.25. The third-order valence-corrected chi connectivity index (χ3v) is 8.38. The second kappa shape index (κ2) is 9.87. The number of benzene rings is 2. The van der Waals surface area contributed by atoms with Crippen LogP contribution in [-0.4, -0.2) is 69.9 Å². The first-order valence-electron chi connectivity index (χ1n) is 10.9. The number of halogens is 2. The maximum atomic E-state index is 13.3. The van der Waals surface area contributed by atoms with Crippen LogP contribution in [0.5, 0.6) is 5.75 Å². The second-order valence-corrected chi connectivity index (χ2v) is 10.6. The van der Waals surface area contributed by atoms with Crippen molar-refractivity contribution in [1.29, 1.82) is 0 Å². The molecule has 1 atom stereocenters. The van der Waals surface area contributed by atoms with Crippen molar-refractivity contribution in [2.45, 2.75) is 17.7 Å². The van der Waals surface area contributed by atoms with Crippen LogP contribution in [0, 0.1) is 11.7 Å². The molecular weight excluding hydrogens is 469 g/mol. The predicted octanol–water partition coefficient (Wildman–Crippen LogP) is 3.24. The molecule has 10 heteroatoms. The molecule has 0 spiro atoms. The number of ether oxygens (including phenoxy) is 1. The van der Waals surface area contributed by atoms with Gasteiger partial charge in [-0.25, -0.2) is 12.8 Å². The molecule has 0 N–H and O–H groups in total. The van der Waals surface area contributed by atoms with E-state index in [0.717, 1.165) is 5.69 Å². The molecule has 0 saturated carbocycles. The number of hydrogen-bond acceptors (Lipinski definition) is 5. The minimum Gasteiger partial charge on any atom is -0.495 e. The van der Waals surface area contributed by atoms with Gasteiger partial charge in [0, 0.05) is 50.0 Å². The molecule has 0 bridgehead atoms. The Hall–Kier alpha value is -2.36. The Kier molecular flexibility index (Phi) is 7.11. The van der Waals surface area contributed by atoms with E-state index in [1.807, 2.05) is 0 Å². The summed E-state index contributed by atoms with van der Waals surface area (Å²) in [6.45, 7) is 2.86. The first-order chi connectivity index (χ1) is 15.8. The van der Waals surface area contributed by atoms with Crippen LogP contribution in [0.2, 0.25) is 5.02 Å². The molecular formula is C23H27ClFN3O4S. The number of methoxy groups -OCH3 is 1. The van der Waals surface area contributed by atoms with Gasteiger partial charge in [-0.05, 0) is 55.3 Å². The number of carbonyl (C=O) groups excluding carboxylic acids is 1. The van der Waals surface area contributed by atoms with Crippen molar-refractivity contribution in [3.05, 3.63) is 53.3 Å². The van der Waals surface area contributed by atoms with E-state index in [0.29, 0.717) is 50.6 Å². The summed E-state index contributed by atoms with van der Waals surface area (Å²) in [4.78, 5) is 17.2. The van der Waals surface area contributed by atoms with Gasteiger partial charge in [-0.15, -0.1) is 0 Å². The molecule has 33 heavy (non-hydrogen) atoms. The van der Waals surface area contributed by atoms with Crippen molar-refractivity contribution in [1.82, 2.24) is 9.21 Å². The van der Waals surface area contributed by atoms with Crippen LogP contribution in [-0.2, 0) is 14.8 Å². The van der Waals surface area contributed by atoms with Crippen molar-refractivity contribution in [3.63, 3.8) is 0 Å². The van der Waals surface area contributed by atoms with E-state index in [1.54, 1.807) is 23.1 Å². The molecule has 2 aromatic rings. The van der Waals surface area contributed by atoms with E-state index in [-0.39, 0.29) is 28.9 Å². The summed E-state index contributed by atoms with van der Waals surface area (Å²) in [5.74, 6) is -0.465. The summed E-state index contributed by atoms with van der Waals surface area (Å²) in [5.41, 5.74) is 0.925. The lowest BCUT2D eigenvalue weighted by Crippen LogP contribution is -2.53. The topological polar surface area (TPSA) is 70.2 Å². The molecule has 2 fully saturated rings. The van der Waals surface area contributed by atoms with Crippen LogP contribution in [0.25, 0.3) is 0 Å². The van der Waals surface area contributed by atoms with Crippen molar-refractivity contribution in [3.8, 4) is 5.75 Å². The van der Waals surface area contributed by atoms with Crippen molar-refractivity contribution in [2.24, 2.45) is 5.92 Å². The van der Waals surface area contributed by atoms with E-state index in [9.17, 15) is 17.6 Å². The zero-order valence-corrected chi connectivity index (χ0v) is 20.0. The van der Waals surface area contributed by atoms with Crippen LogP contribution in [0.4, 0.5) is 10.1 Å². The average Bonchev–Trinajstić information content (AvgIpc) is 2.84. The number of amides is 1. The minimum absolute atomic E-state index is 0.0125. The highest BCUT2D eigenvalue weighted by atomic mass is 35.5. The van der Waals surface area contributed by atoms with Gasteiger partial charge in [0.2, 0.25) is 15.9 Å². The first-order valence-corrected chi connectivity index (χ1v) is 12.7. The van der Waals surface area contributed by atoms with Crippen LogP contribution in [0.1, 0.15) is 12.8 Å². The number of carbonyl (C=O) groups is 1. The number of nitrogens with zero attached hydrogens (tertiary/aromatic N) is 3. The Bertz CT molecular complexity index is 1110. The van der Waals surface area contributed by atoms with Crippen molar-refractivity contribution in [2.75, 3.05) is 51.3 Å². The average molecular weight is 496 g/mol. The third-order valence-electron chi connectivity index (χ3n) is 6.26. The monoisotopic (exact) mass is 495 g/mol. The normalized spacial score (nSPS) is 20.0. The fourth-order valence-corrected chi connectivity index (χ4v) is 6.39. The molecule has 7 nitrogen and oxygen atoms in total.